The van der Waals surface area contributed by atoms with Gasteiger partial charge in [0.25, 0.3) is 0 Å². The molecule has 0 atom stereocenters. The van der Waals surface area contributed by atoms with E-state index in [9.17, 15) is 9.90 Å². The van der Waals surface area contributed by atoms with Gasteiger partial charge in [-0.2, -0.15) is 0 Å². The number of aryl methyl sites for hydroxylation is 1. The first-order chi connectivity index (χ1) is 10.7. The van der Waals surface area contributed by atoms with Crippen LogP contribution in [0.15, 0.2) is 48.0 Å². The minimum absolute atomic E-state index is 0.0906. The number of phenols is 1. The lowest BCUT2D eigenvalue weighted by atomic mass is 9.86. The Kier molecular flexibility index (Phi) is 3.96. The predicted octanol–water partition coefficient (Wildman–Crippen LogP) is 4.00. The highest BCUT2D eigenvalue weighted by Crippen LogP contribution is 2.30. The van der Waals surface area contributed by atoms with Crippen LogP contribution in [0.3, 0.4) is 0 Å². The Hall–Kier alpha value is -2.55. The molecule has 1 N–H and O–H groups in total. The van der Waals surface area contributed by atoms with E-state index in [4.69, 9.17) is 4.74 Å². The fourth-order valence-corrected chi connectivity index (χ4v) is 2.75. The first-order valence-electron chi connectivity index (χ1n) is 7.48. The fourth-order valence-electron chi connectivity index (χ4n) is 2.75. The minimum Gasteiger partial charge on any atom is -0.504 e. The Morgan fingerprint density at radius 1 is 1.18 bits per heavy atom. The zero-order valence-electron chi connectivity index (χ0n) is 12.5. The number of fused-ring (bicyclic) bond motifs is 1. The smallest absolute Gasteiger partial charge is 0.189 e. The van der Waals surface area contributed by atoms with Crippen LogP contribution in [0.2, 0.25) is 0 Å². The molecule has 0 aliphatic heterocycles. The molecule has 0 spiro atoms. The van der Waals surface area contributed by atoms with Gasteiger partial charge >= 0.3 is 0 Å². The Balaban J connectivity index is 1.93. The van der Waals surface area contributed by atoms with Crippen molar-refractivity contribution in [1.82, 2.24) is 0 Å². The van der Waals surface area contributed by atoms with Crippen molar-refractivity contribution in [2.45, 2.75) is 19.8 Å². The third-order valence-electron chi connectivity index (χ3n) is 3.84. The maximum Gasteiger partial charge on any atom is 0.189 e. The van der Waals surface area contributed by atoms with Crippen LogP contribution in [0.1, 0.15) is 34.8 Å². The maximum absolute atomic E-state index is 12.5. The van der Waals surface area contributed by atoms with Gasteiger partial charge < -0.3 is 9.84 Å². The number of Topliss-reactive ketones (excluding diaryl/α,β-unsaturated/α-hetero) is 1. The molecule has 0 amide bonds. The Labute approximate surface area is 129 Å². The van der Waals surface area contributed by atoms with E-state index in [0.29, 0.717) is 12.4 Å². The second-order valence-corrected chi connectivity index (χ2v) is 5.32. The number of benzene rings is 2. The number of ether oxygens (including phenoxy) is 1. The van der Waals surface area contributed by atoms with Crippen molar-refractivity contribution in [2.75, 3.05) is 6.61 Å². The molecule has 3 heteroatoms. The molecular formula is C19H18O3. The standard InChI is InChI=1S/C19H18O3/c1-2-22-18-12-13(7-10-17(18)20)11-15-9-8-14-5-3-4-6-16(14)19(15)21/h3-7,10-12,20H,2,8-9H2,1H3/b15-11+. The van der Waals surface area contributed by atoms with Gasteiger partial charge in [0, 0.05) is 11.1 Å². The van der Waals surface area contributed by atoms with Crippen LogP contribution < -0.4 is 4.74 Å². The molecule has 0 aromatic heterocycles. The molecule has 0 saturated carbocycles. The van der Waals surface area contributed by atoms with E-state index < -0.39 is 0 Å². The number of phenolic OH excluding ortho intramolecular Hbond substituents is 1. The molecule has 1 aliphatic rings. The highest BCUT2D eigenvalue weighted by atomic mass is 16.5. The Bertz CT molecular complexity index is 744. The van der Waals surface area contributed by atoms with Gasteiger partial charge in [0.1, 0.15) is 0 Å². The topological polar surface area (TPSA) is 46.5 Å². The molecule has 1 aliphatic carbocycles. The number of ketones is 1. The summed E-state index contributed by atoms with van der Waals surface area (Å²) < 4.78 is 5.39. The normalized spacial score (nSPS) is 15.7. The summed E-state index contributed by atoms with van der Waals surface area (Å²) in [5.74, 6) is 0.651. The zero-order chi connectivity index (χ0) is 15.5. The molecule has 0 bridgehead atoms. The summed E-state index contributed by atoms with van der Waals surface area (Å²) in [5, 5.41) is 9.74. The Morgan fingerprint density at radius 2 is 2.00 bits per heavy atom. The number of allylic oxidation sites excluding steroid dienone is 1. The lowest BCUT2D eigenvalue weighted by molar-refractivity contribution is 0.102. The van der Waals surface area contributed by atoms with Gasteiger partial charge in [-0.25, -0.2) is 0 Å². The average Bonchev–Trinajstić information content (AvgIpc) is 2.54. The molecule has 22 heavy (non-hydrogen) atoms. The fraction of sp³-hybridized carbons (Fsp3) is 0.211. The maximum atomic E-state index is 12.5. The molecule has 0 saturated heterocycles. The van der Waals surface area contributed by atoms with Gasteiger partial charge in [-0.1, -0.05) is 30.3 Å². The van der Waals surface area contributed by atoms with E-state index >= 15 is 0 Å². The SMILES string of the molecule is CCOc1cc(/C=C2\CCc3ccccc3C2=O)ccc1O. The van der Waals surface area contributed by atoms with Crippen molar-refractivity contribution >= 4 is 11.9 Å². The summed E-state index contributed by atoms with van der Waals surface area (Å²) in [6.45, 7) is 2.35. The van der Waals surface area contributed by atoms with Crippen molar-refractivity contribution in [2.24, 2.45) is 0 Å². The highest BCUT2D eigenvalue weighted by Gasteiger charge is 2.21. The molecule has 3 nitrogen and oxygen atoms in total. The molecule has 0 fully saturated rings. The van der Waals surface area contributed by atoms with Crippen LogP contribution in [0.4, 0.5) is 0 Å². The third kappa shape index (κ3) is 2.75. The quantitative estimate of drug-likeness (QED) is 0.870. The predicted molar refractivity (Wildman–Crippen MR) is 86.3 cm³/mol. The van der Waals surface area contributed by atoms with Crippen LogP contribution in [0.25, 0.3) is 6.08 Å². The summed E-state index contributed by atoms with van der Waals surface area (Å²) in [7, 11) is 0. The summed E-state index contributed by atoms with van der Waals surface area (Å²) in [6.07, 6.45) is 3.51. The molecule has 0 unspecified atom stereocenters. The number of hydrogen-bond acceptors (Lipinski definition) is 3. The highest BCUT2D eigenvalue weighted by molar-refractivity contribution is 6.13. The molecule has 3 rings (SSSR count). The van der Waals surface area contributed by atoms with Crippen molar-refractivity contribution in [3.8, 4) is 11.5 Å². The van der Waals surface area contributed by atoms with Crippen molar-refractivity contribution in [3.05, 3.63) is 64.7 Å². The van der Waals surface area contributed by atoms with Gasteiger partial charge in [-0.05, 0) is 49.1 Å². The van der Waals surface area contributed by atoms with Gasteiger partial charge in [-0.3, -0.25) is 4.79 Å². The molecule has 2 aromatic rings. The van der Waals surface area contributed by atoms with Gasteiger partial charge in [0.2, 0.25) is 0 Å². The van der Waals surface area contributed by atoms with E-state index in [0.717, 1.165) is 35.1 Å². The lowest BCUT2D eigenvalue weighted by Gasteiger charge is -2.17. The number of carbonyl (C=O) groups excluding carboxylic acids is 1. The molecule has 0 radical (unpaired) electrons. The first kappa shape index (κ1) is 14.4. The summed E-state index contributed by atoms with van der Waals surface area (Å²) in [5.41, 5.74) is 3.57. The van der Waals surface area contributed by atoms with E-state index in [1.54, 1.807) is 18.2 Å². The van der Waals surface area contributed by atoms with E-state index in [2.05, 4.69) is 0 Å². The van der Waals surface area contributed by atoms with Crippen LogP contribution in [0, 0.1) is 0 Å². The zero-order valence-corrected chi connectivity index (χ0v) is 12.5. The third-order valence-corrected chi connectivity index (χ3v) is 3.84. The van der Waals surface area contributed by atoms with Crippen LogP contribution in [-0.2, 0) is 6.42 Å². The number of hydrogen-bond donors (Lipinski definition) is 1. The summed E-state index contributed by atoms with van der Waals surface area (Å²) >= 11 is 0. The van der Waals surface area contributed by atoms with Gasteiger partial charge in [-0.15, -0.1) is 0 Å². The number of rotatable bonds is 3. The average molecular weight is 294 g/mol. The monoisotopic (exact) mass is 294 g/mol. The minimum atomic E-state index is 0.0906. The lowest BCUT2D eigenvalue weighted by Crippen LogP contribution is -2.13. The summed E-state index contributed by atoms with van der Waals surface area (Å²) in [6, 6.07) is 12.9. The van der Waals surface area contributed by atoms with Crippen molar-refractivity contribution in [3.63, 3.8) is 0 Å². The van der Waals surface area contributed by atoms with E-state index in [1.165, 1.54) is 0 Å². The van der Waals surface area contributed by atoms with Crippen molar-refractivity contribution < 1.29 is 14.6 Å². The molecule has 0 heterocycles. The van der Waals surface area contributed by atoms with Gasteiger partial charge in [0.05, 0.1) is 6.61 Å². The van der Waals surface area contributed by atoms with Crippen LogP contribution in [0.5, 0.6) is 11.5 Å². The second kappa shape index (κ2) is 6.06. The Morgan fingerprint density at radius 3 is 2.82 bits per heavy atom. The number of aromatic hydroxyl groups is 1. The van der Waals surface area contributed by atoms with Crippen LogP contribution in [-0.4, -0.2) is 17.5 Å². The molecule has 2 aromatic carbocycles. The summed E-state index contributed by atoms with van der Waals surface area (Å²) in [4.78, 5) is 12.5. The van der Waals surface area contributed by atoms with E-state index in [1.807, 2.05) is 37.3 Å². The molecule has 112 valence electrons. The van der Waals surface area contributed by atoms with Crippen LogP contribution >= 0.6 is 0 Å². The van der Waals surface area contributed by atoms with Crippen molar-refractivity contribution in [1.29, 1.82) is 0 Å². The molecular weight excluding hydrogens is 276 g/mol. The second-order valence-electron chi connectivity index (χ2n) is 5.32. The number of carbonyl (C=O) groups is 1. The largest absolute Gasteiger partial charge is 0.504 e. The van der Waals surface area contributed by atoms with Gasteiger partial charge in [0.15, 0.2) is 17.3 Å². The first-order valence-corrected chi connectivity index (χ1v) is 7.48. The van der Waals surface area contributed by atoms with E-state index in [-0.39, 0.29) is 11.5 Å².